The van der Waals surface area contributed by atoms with E-state index in [1.807, 2.05) is 12.1 Å². The van der Waals surface area contributed by atoms with Crippen LogP contribution in [0.3, 0.4) is 0 Å². The number of ether oxygens (including phenoxy) is 2. The number of likely N-dealkylation sites (N-methyl/N-ethyl adjacent to an activating group) is 1. The fourth-order valence-corrected chi connectivity index (χ4v) is 3.42. The van der Waals surface area contributed by atoms with E-state index in [2.05, 4.69) is 99.4 Å². The van der Waals surface area contributed by atoms with Crippen LogP contribution in [0.5, 0.6) is 5.75 Å². The van der Waals surface area contributed by atoms with E-state index in [-0.39, 0.29) is 11.0 Å². The van der Waals surface area contributed by atoms with Crippen LogP contribution in [0.15, 0.2) is 53.2 Å². The summed E-state index contributed by atoms with van der Waals surface area (Å²) in [4.78, 5) is 2.38. The summed E-state index contributed by atoms with van der Waals surface area (Å²) in [6.45, 7) is 16.5. The highest BCUT2D eigenvalue weighted by Gasteiger charge is 2.20. The van der Waals surface area contributed by atoms with Crippen LogP contribution in [0, 0.1) is 17.3 Å². The third-order valence-corrected chi connectivity index (χ3v) is 5.29. The molecule has 0 spiro atoms. The highest BCUT2D eigenvalue weighted by atomic mass is 32.1. The maximum Gasteiger partial charge on any atom is 0.119 e. The third kappa shape index (κ3) is 10.7. The molecule has 0 N–H and O–H groups in total. The maximum absolute atomic E-state index is 6.07. The van der Waals surface area contributed by atoms with Gasteiger partial charge in [-0.15, -0.1) is 0 Å². The summed E-state index contributed by atoms with van der Waals surface area (Å²) in [5, 5.41) is 4.19. The summed E-state index contributed by atoms with van der Waals surface area (Å²) in [5.41, 5.74) is 2.13. The number of thiophene rings is 1. The number of allylic oxidation sites excluding steroid dienone is 1. The molecule has 1 heterocycles. The maximum atomic E-state index is 6.07. The second-order valence-electron chi connectivity index (χ2n) is 9.37. The van der Waals surface area contributed by atoms with E-state index in [4.69, 9.17) is 9.47 Å². The Labute approximate surface area is 193 Å². The molecule has 0 fully saturated rings. The molecule has 0 radical (unpaired) electrons. The molecule has 4 heteroatoms. The van der Waals surface area contributed by atoms with Crippen LogP contribution >= 0.6 is 11.3 Å². The monoisotopic (exact) mass is 439 g/mol. The van der Waals surface area contributed by atoms with E-state index in [1.54, 1.807) is 11.3 Å². The summed E-state index contributed by atoms with van der Waals surface area (Å²) in [6.07, 6.45) is 4.10. The predicted molar refractivity (Wildman–Crippen MR) is 132 cm³/mol. The highest BCUT2D eigenvalue weighted by molar-refractivity contribution is 7.07. The molecule has 31 heavy (non-hydrogen) atoms. The van der Waals surface area contributed by atoms with E-state index in [0.29, 0.717) is 13.2 Å². The van der Waals surface area contributed by atoms with Crippen LogP contribution in [-0.2, 0) is 17.9 Å². The summed E-state index contributed by atoms with van der Waals surface area (Å²) in [5.74, 6) is 7.25. The lowest BCUT2D eigenvalue weighted by molar-refractivity contribution is -0.0568. The van der Waals surface area contributed by atoms with Crippen LogP contribution in [0.4, 0.5) is 0 Å². The van der Waals surface area contributed by atoms with Crippen LogP contribution < -0.4 is 4.74 Å². The first-order chi connectivity index (χ1) is 14.7. The van der Waals surface area contributed by atoms with Crippen LogP contribution in [-0.4, -0.2) is 30.2 Å². The first-order valence-electron chi connectivity index (χ1n) is 10.9. The SMILES string of the molecule is CCN(CC=CC#CC(C)(C)C)Cc1cccc(OCC(C)(C)OCc2ccsc2)c1. The van der Waals surface area contributed by atoms with Crippen LogP contribution in [0.2, 0.25) is 0 Å². The third-order valence-electron chi connectivity index (χ3n) is 4.56. The zero-order valence-corrected chi connectivity index (χ0v) is 20.7. The fourth-order valence-electron chi connectivity index (χ4n) is 2.77. The topological polar surface area (TPSA) is 21.7 Å². The molecule has 0 bridgehead atoms. The van der Waals surface area contributed by atoms with Crippen molar-refractivity contribution in [3.8, 4) is 17.6 Å². The second kappa shape index (κ2) is 12.1. The fraction of sp³-hybridized carbons (Fsp3) is 0.481. The van der Waals surface area contributed by atoms with E-state index < -0.39 is 0 Å². The van der Waals surface area contributed by atoms with E-state index >= 15 is 0 Å². The molecule has 0 aliphatic heterocycles. The molecule has 0 saturated heterocycles. The minimum Gasteiger partial charge on any atom is -0.491 e. The predicted octanol–water partition coefficient (Wildman–Crippen LogP) is 6.55. The standard InChI is InChI=1S/C27H37NO2S/c1-7-28(16-10-8-9-15-26(2,3)4)19-23-12-11-13-25(18-23)29-22-27(5,6)30-20-24-14-17-31-21-24/h8,10-14,17-18,21H,7,16,19-20,22H2,1-6H3. The van der Waals surface area contributed by atoms with Crippen molar-refractivity contribution in [2.24, 2.45) is 5.41 Å². The number of rotatable bonds is 11. The van der Waals surface area contributed by atoms with Crippen molar-refractivity contribution in [3.63, 3.8) is 0 Å². The van der Waals surface area contributed by atoms with Crippen molar-refractivity contribution < 1.29 is 9.47 Å². The van der Waals surface area contributed by atoms with Gasteiger partial charge in [0, 0.05) is 18.5 Å². The number of hydrogen-bond acceptors (Lipinski definition) is 4. The number of benzene rings is 1. The Bertz CT molecular complexity index is 867. The molecule has 0 aliphatic carbocycles. The van der Waals surface area contributed by atoms with Gasteiger partial charge in [0.1, 0.15) is 12.4 Å². The Morgan fingerprint density at radius 1 is 1.10 bits per heavy atom. The Morgan fingerprint density at radius 3 is 2.58 bits per heavy atom. The van der Waals surface area contributed by atoms with Crippen LogP contribution in [0.25, 0.3) is 0 Å². The molecular formula is C27H37NO2S. The van der Waals surface area contributed by atoms with Gasteiger partial charge in [-0.2, -0.15) is 11.3 Å². The second-order valence-corrected chi connectivity index (χ2v) is 10.1. The van der Waals surface area contributed by atoms with Gasteiger partial charge in [-0.3, -0.25) is 4.90 Å². The van der Waals surface area contributed by atoms with Gasteiger partial charge in [-0.25, -0.2) is 0 Å². The summed E-state index contributed by atoms with van der Waals surface area (Å²) in [6, 6.07) is 10.4. The average molecular weight is 440 g/mol. The summed E-state index contributed by atoms with van der Waals surface area (Å²) < 4.78 is 12.1. The molecule has 0 atom stereocenters. The first-order valence-corrected chi connectivity index (χ1v) is 11.9. The Balaban J connectivity index is 1.85. The molecule has 0 aliphatic rings. The van der Waals surface area contributed by atoms with Gasteiger partial charge in [0.25, 0.3) is 0 Å². The van der Waals surface area contributed by atoms with Gasteiger partial charge < -0.3 is 9.47 Å². The average Bonchev–Trinajstić information content (AvgIpc) is 3.23. The normalized spacial score (nSPS) is 12.2. The van der Waals surface area contributed by atoms with Crippen molar-refractivity contribution in [1.29, 1.82) is 0 Å². The number of nitrogens with zero attached hydrogens (tertiary/aromatic N) is 1. The molecule has 1 aromatic carbocycles. The number of hydrogen-bond donors (Lipinski definition) is 0. The van der Waals surface area contributed by atoms with Crippen molar-refractivity contribution >= 4 is 11.3 Å². The van der Waals surface area contributed by atoms with Gasteiger partial charge in [0.15, 0.2) is 0 Å². The quantitative estimate of drug-likeness (QED) is 0.371. The van der Waals surface area contributed by atoms with Gasteiger partial charge in [-0.1, -0.05) is 37.0 Å². The van der Waals surface area contributed by atoms with Gasteiger partial charge >= 0.3 is 0 Å². The Morgan fingerprint density at radius 2 is 1.90 bits per heavy atom. The zero-order valence-electron chi connectivity index (χ0n) is 19.9. The zero-order chi connectivity index (χ0) is 22.7. The Hall–Kier alpha value is -2.06. The first kappa shape index (κ1) is 25.2. The summed E-state index contributed by atoms with van der Waals surface area (Å²) >= 11 is 1.69. The minimum absolute atomic E-state index is 0.0404. The molecule has 168 valence electrons. The Kier molecular flexibility index (Phi) is 9.84. The molecule has 3 nitrogen and oxygen atoms in total. The molecule has 2 aromatic rings. The molecule has 0 unspecified atom stereocenters. The van der Waals surface area contributed by atoms with E-state index in [1.165, 1.54) is 11.1 Å². The highest BCUT2D eigenvalue weighted by Crippen LogP contribution is 2.20. The van der Waals surface area contributed by atoms with E-state index in [9.17, 15) is 0 Å². The van der Waals surface area contributed by atoms with Gasteiger partial charge in [0.05, 0.1) is 12.2 Å². The van der Waals surface area contributed by atoms with Gasteiger partial charge in [-0.05, 0) is 87.3 Å². The summed E-state index contributed by atoms with van der Waals surface area (Å²) in [7, 11) is 0. The van der Waals surface area contributed by atoms with E-state index in [0.717, 1.165) is 25.4 Å². The van der Waals surface area contributed by atoms with Crippen molar-refractivity contribution in [3.05, 3.63) is 64.4 Å². The molecular weight excluding hydrogens is 402 g/mol. The molecule has 2 rings (SSSR count). The molecule has 0 saturated carbocycles. The minimum atomic E-state index is -0.355. The molecule has 0 amide bonds. The lowest BCUT2D eigenvalue weighted by Crippen LogP contribution is -2.32. The lowest BCUT2D eigenvalue weighted by Gasteiger charge is -2.25. The lowest BCUT2D eigenvalue weighted by atomic mass is 9.98. The van der Waals surface area contributed by atoms with Crippen LogP contribution in [0.1, 0.15) is 52.7 Å². The van der Waals surface area contributed by atoms with Crippen molar-refractivity contribution in [2.75, 3.05) is 19.7 Å². The van der Waals surface area contributed by atoms with Gasteiger partial charge in [0.2, 0.25) is 0 Å². The van der Waals surface area contributed by atoms with Crippen molar-refractivity contribution in [1.82, 2.24) is 4.90 Å². The molecule has 1 aromatic heterocycles. The smallest absolute Gasteiger partial charge is 0.119 e. The largest absolute Gasteiger partial charge is 0.491 e. The van der Waals surface area contributed by atoms with Crippen molar-refractivity contribution in [2.45, 2.75) is 60.3 Å².